The van der Waals surface area contributed by atoms with Crippen molar-refractivity contribution in [1.82, 2.24) is 0 Å². The van der Waals surface area contributed by atoms with Gasteiger partial charge in [0.05, 0.1) is 13.2 Å². The third kappa shape index (κ3) is 5.31. The van der Waals surface area contributed by atoms with Gasteiger partial charge in [-0.25, -0.2) is 0 Å². The number of halogens is 2. The van der Waals surface area contributed by atoms with E-state index in [2.05, 4.69) is 61.4 Å². The fraction of sp³-hybridized carbons (Fsp3) is 0.273. The van der Waals surface area contributed by atoms with Gasteiger partial charge in [0, 0.05) is 6.42 Å². The molecule has 0 fully saturated rings. The molecular formula is C11H12I2O. The molecule has 0 saturated heterocycles. The highest BCUT2D eigenvalue weighted by Gasteiger charge is 1.93. The number of ether oxygens (including phenoxy) is 1. The first kappa shape index (κ1) is 12.4. The molecule has 0 saturated carbocycles. The van der Waals surface area contributed by atoms with E-state index in [1.807, 2.05) is 18.2 Å². The third-order valence-electron chi connectivity index (χ3n) is 1.72. The van der Waals surface area contributed by atoms with Gasteiger partial charge < -0.3 is 4.74 Å². The van der Waals surface area contributed by atoms with Crippen LogP contribution in [0.25, 0.3) is 0 Å². The Balaban J connectivity index is 2.17. The summed E-state index contributed by atoms with van der Waals surface area (Å²) in [5.74, 6) is 0. The SMILES string of the molecule is I/C=C(\I)CCOCc1ccccc1. The molecule has 0 bridgehead atoms. The van der Waals surface area contributed by atoms with E-state index in [1.54, 1.807) is 0 Å². The highest BCUT2D eigenvalue weighted by Crippen LogP contribution is 2.13. The van der Waals surface area contributed by atoms with Crippen LogP contribution >= 0.6 is 45.2 Å². The van der Waals surface area contributed by atoms with Gasteiger partial charge in [-0.2, -0.15) is 0 Å². The van der Waals surface area contributed by atoms with Crippen LogP contribution in [0.1, 0.15) is 12.0 Å². The van der Waals surface area contributed by atoms with Crippen LogP contribution < -0.4 is 0 Å². The zero-order valence-electron chi connectivity index (χ0n) is 7.75. The predicted octanol–water partition coefficient (Wildman–Crippen LogP) is 4.30. The Morgan fingerprint density at radius 3 is 2.64 bits per heavy atom. The number of rotatable bonds is 5. The molecule has 1 aromatic rings. The first-order valence-corrected chi connectivity index (χ1v) is 6.72. The largest absolute Gasteiger partial charge is 0.376 e. The smallest absolute Gasteiger partial charge is 0.0717 e. The number of benzene rings is 1. The molecule has 0 radical (unpaired) electrons. The lowest BCUT2D eigenvalue weighted by Gasteiger charge is -2.03. The maximum Gasteiger partial charge on any atom is 0.0717 e. The number of hydrogen-bond acceptors (Lipinski definition) is 1. The van der Waals surface area contributed by atoms with Gasteiger partial charge >= 0.3 is 0 Å². The first-order valence-electron chi connectivity index (χ1n) is 4.39. The molecule has 1 nitrogen and oxygen atoms in total. The summed E-state index contributed by atoms with van der Waals surface area (Å²) in [4.78, 5) is 0. The Kier molecular flexibility index (Phi) is 6.80. The lowest BCUT2D eigenvalue weighted by Crippen LogP contribution is -1.94. The number of hydrogen-bond donors (Lipinski definition) is 0. The molecule has 0 unspecified atom stereocenters. The van der Waals surface area contributed by atoms with Crippen molar-refractivity contribution in [2.24, 2.45) is 0 Å². The topological polar surface area (TPSA) is 9.23 Å². The second-order valence-electron chi connectivity index (χ2n) is 2.84. The van der Waals surface area contributed by atoms with Crippen LogP contribution in [0.15, 0.2) is 38.0 Å². The Morgan fingerprint density at radius 2 is 2.00 bits per heavy atom. The molecule has 0 aliphatic rings. The lowest BCUT2D eigenvalue weighted by molar-refractivity contribution is 0.125. The van der Waals surface area contributed by atoms with Crippen LogP contribution in [-0.4, -0.2) is 6.61 Å². The average molecular weight is 414 g/mol. The molecule has 0 aromatic heterocycles. The van der Waals surface area contributed by atoms with Crippen molar-refractivity contribution in [2.75, 3.05) is 6.61 Å². The minimum Gasteiger partial charge on any atom is -0.376 e. The van der Waals surface area contributed by atoms with Crippen molar-refractivity contribution in [3.05, 3.63) is 43.6 Å². The summed E-state index contributed by atoms with van der Waals surface area (Å²) in [5.41, 5.74) is 1.24. The molecule has 0 spiro atoms. The quantitative estimate of drug-likeness (QED) is 0.516. The summed E-state index contributed by atoms with van der Waals surface area (Å²) < 4.78 is 8.97. The Hall–Kier alpha value is 0.380. The molecule has 1 rings (SSSR count). The molecule has 0 atom stereocenters. The summed E-state index contributed by atoms with van der Waals surface area (Å²) in [7, 11) is 0. The maximum atomic E-state index is 5.54. The van der Waals surface area contributed by atoms with E-state index in [-0.39, 0.29) is 0 Å². The molecule has 0 N–H and O–H groups in total. The van der Waals surface area contributed by atoms with Crippen molar-refractivity contribution in [2.45, 2.75) is 13.0 Å². The fourth-order valence-electron chi connectivity index (χ4n) is 0.988. The van der Waals surface area contributed by atoms with Gasteiger partial charge in [0.15, 0.2) is 0 Å². The van der Waals surface area contributed by atoms with Crippen molar-refractivity contribution in [3.63, 3.8) is 0 Å². The predicted molar refractivity (Wildman–Crippen MR) is 76.8 cm³/mol. The van der Waals surface area contributed by atoms with Gasteiger partial charge in [-0.05, 0) is 35.8 Å². The van der Waals surface area contributed by atoms with Crippen LogP contribution in [0.4, 0.5) is 0 Å². The van der Waals surface area contributed by atoms with Gasteiger partial charge in [0.2, 0.25) is 0 Å². The summed E-state index contributed by atoms with van der Waals surface area (Å²) in [6.07, 6.45) is 1.01. The average Bonchev–Trinajstić information content (AvgIpc) is 2.25. The summed E-state index contributed by atoms with van der Waals surface area (Å²) in [6, 6.07) is 10.3. The normalized spacial score (nSPS) is 11.7. The van der Waals surface area contributed by atoms with E-state index >= 15 is 0 Å². The Labute approximate surface area is 112 Å². The van der Waals surface area contributed by atoms with E-state index in [1.165, 1.54) is 9.14 Å². The first-order chi connectivity index (χ1) is 6.83. The maximum absolute atomic E-state index is 5.54. The fourth-order valence-corrected chi connectivity index (χ4v) is 1.52. The highest BCUT2D eigenvalue weighted by molar-refractivity contribution is 14.1. The Bertz CT molecular complexity index is 283. The minimum atomic E-state index is 0.714. The molecule has 1 aromatic carbocycles. The molecule has 0 aliphatic carbocycles. The minimum absolute atomic E-state index is 0.714. The molecule has 0 aliphatic heterocycles. The van der Waals surface area contributed by atoms with Gasteiger partial charge in [-0.15, -0.1) is 0 Å². The van der Waals surface area contributed by atoms with E-state index in [0.29, 0.717) is 6.61 Å². The zero-order valence-corrected chi connectivity index (χ0v) is 12.1. The molecule has 14 heavy (non-hydrogen) atoms. The molecule has 76 valence electrons. The molecule has 3 heteroatoms. The van der Waals surface area contributed by atoms with Crippen LogP contribution in [0.3, 0.4) is 0 Å². The van der Waals surface area contributed by atoms with E-state index in [9.17, 15) is 0 Å². The third-order valence-corrected chi connectivity index (χ3v) is 4.51. The van der Waals surface area contributed by atoms with Gasteiger partial charge in [0.1, 0.15) is 0 Å². The summed E-state index contributed by atoms with van der Waals surface area (Å²) in [5, 5.41) is 0. The van der Waals surface area contributed by atoms with Crippen LogP contribution in [0.5, 0.6) is 0 Å². The van der Waals surface area contributed by atoms with Crippen LogP contribution in [0, 0.1) is 0 Å². The van der Waals surface area contributed by atoms with Crippen molar-refractivity contribution < 1.29 is 4.74 Å². The second-order valence-corrected chi connectivity index (χ2v) is 4.85. The Morgan fingerprint density at radius 1 is 1.29 bits per heavy atom. The monoisotopic (exact) mass is 414 g/mol. The summed E-state index contributed by atoms with van der Waals surface area (Å²) >= 11 is 4.59. The van der Waals surface area contributed by atoms with Crippen LogP contribution in [0.2, 0.25) is 0 Å². The van der Waals surface area contributed by atoms with E-state index < -0.39 is 0 Å². The highest BCUT2D eigenvalue weighted by atomic mass is 127. The molecular weight excluding hydrogens is 402 g/mol. The summed E-state index contributed by atoms with van der Waals surface area (Å²) in [6.45, 7) is 1.51. The van der Waals surface area contributed by atoms with E-state index in [0.717, 1.165) is 13.0 Å². The van der Waals surface area contributed by atoms with Crippen molar-refractivity contribution >= 4 is 45.2 Å². The van der Waals surface area contributed by atoms with E-state index in [4.69, 9.17) is 4.74 Å². The van der Waals surface area contributed by atoms with Crippen molar-refractivity contribution in [3.8, 4) is 0 Å². The lowest BCUT2D eigenvalue weighted by atomic mass is 10.2. The van der Waals surface area contributed by atoms with Crippen molar-refractivity contribution in [1.29, 1.82) is 0 Å². The molecule has 0 heterocycles. The standard InChI is InChI=1S/C11H12I2O/c12-8-11(13)6-7-14-9-10-4-2-1-3-5-10/h1-5,8H,6-7,9H2/b11-8-. The second kappa shape index (κ2) is 7.64. The van der Waals surface area contributed by atoms with Gasteiger partial charge in [-0.3, -0.25) is 0 Å². The van der Waals surface area contributed by atoms with Crippen LogP contribution in [-0.2, 0) is 11.3 Å². The zero-order chi connectivity index (χ0) is 10.2. The molecule has 0 amide bonds. The van der Waals surface area contributed by atoms with Gasteiger partial charge in [-0.1, -0.05) is 52.9 Å². The van der Waals surface area contributed by atoms with Gasteiger partial charge in [0.25, 0.3) is 0 Å².